The van der Waals surface area contributed by atoms with Crippen LogP contribution in [-0.4, -0.2) is 9.91 Å². The van der Waals surface area contributed by atoms with Gasteiger partial charge in [0.1, 0.15) is 29.5 Å². The summed E-state index contributed by atoms with van der Waals surface area (Å²) in [5.41, 5.74) is 1.42. The number of pyridine rings is 1. The van der Waals surface area contributed by atoms with Crippen LogP contribution in [-0.2, 0) is 6.61 Å². The lowest BCUT2D eigenvalue weighted by Crippen LogP contribution is -2.03. The monoisotopic (exact) mass is 353 g/mol. The third-order valence-corrected chi connectivity index (χ3v) is 4.09. The van der Waals surface area contributed by atoms with Crippen molar-refractivity contribution < 1.29 is 9.66 Å². The molecular formula is C18H12ClN3O3. The summed E-state index contributed by atoms with van der Waals surface area (Å²) in [7, 11) is 0. The molecule has 0 spiro atoms. The van der Waals surface area contributed by atoms with E-state index in [0.717, 1.165) is 11.1 Å². The van der Waals surface area contributed by atoms with Crippen molar-refractivity contribution in [1.82, 2.24) is 4.98 Å². The van der Waals surface area contributed by atoms with E-state index in [4.69, 9.17) is 16.3 Å². The number of nitro benzene ring substituents is 1. The first-order valence-electron chi connectivity index (χ1n) is 7.36. The number of ether oxygens (including phenoxy) is 1. The molecule has 0 unspecified atom stereocenters. The minimum absolute atomic E-state index is 0.0713. The number of nitrogens with zero attached hydrogens (tertiary/aromatic N) is 3. The van der Waals surface area contributed by atoms with Crippen molar-refractivity contribution >= 4 is 28.2 Å². The van der Waals surface area contributed by atoms with Gasteiger partial charge in [0.25, 0.3) is 5.69 Å². The first-order valence-corrected chi connectivity index (χ1v) is 7.74. The Balaban J connectivity index is 2.00. The van der Waals surface area contributed by atoms with Gasteiger partial charge in [0.2, 0.25) is 0 Å². The van der Waals surface area contributed by atoms with Crippen molar-refractivity contribution in [2.24, 2.45) is 0 Å². The van der Waals surface area contributed by atoms with E-state index in [1.807, 2.05) is 37.3 Å². The number of nitriles is 1. The number of para-hydroxylation sites is 1. The third kappa shape index (κ3) is 3.23. The van der Waals surface area contributed by atoms with Crippen LogP contribution in [0, 0.1) is 28.4 Å². The van der Waals surface area contributed by atoms with Gasteiger partial charge < -0.3 is 4.74 Å². The van der Waals surface area contributed by atoms with E-state index in [-0.39, 0.29) is 28.4 Å². The second-order valence-corrected chi connectivity index (χ2v) is 5.77. The van der Waals surface area contributed by atoms with Gasteiger partial charge >= 0.3 is 0 Å². The molecule has 0 bridgehead atoms. The maximum atomic E-state index is 11.1. The lowest BCUT2D eigenvalue weighted by atomic mass is 10.1. The van der Waals surface area contributed by atoms with Crippen LogP contribution in [0.15, 0.2) is 42.5 Å². The minimum atomic E-state index is -0.610. The molecule has 0 aliphatic carbocycles. The topological polar surface area (TPSA) is 89.0 Å². The Morgan fingerprint density at radius 1 is 1.28 bits per heavy atom. The zero-order chi connectivity index (χ0) is 18.0. The highest BCUT2D eigenvalue weighted by molar-refractivity contribution is 6.31. The van der Waals surface area contributed by atoms with Crippen molar-refractivity contribution in [3.8, 4) is 11.8 Å². The molecule has 0 amide bonds. The molecule has 124 valence electrons. The van der Waals surface area contributed by atoms with Gasteiger partial charge in [-0.15, -0.1) is 0 Å². The number of benzene rings is 2. The van der Waals surface area contributed by atoms with E-state index >= 15 is 0 Å². The SMILES string of the molecule is Cc1ccc2cccc(OCc3c(Cl)ccc([N+](=O)[O-])c3C#N)c2n1. The van der Waals surface area contributed by atoms with Crippen molar-refractivity contribution in [2.75, 3.05) is 0 Å². The van der Waals surface area contributed by atoms with E-state index < -0.39 is 4.92 Å². The van der Waals surface area contributed by atoms with Gasteiger partial charge in [0.05, 0.1) is 4.92 Å². The van der Waals surface area contributed by atoms with Crippen molar-refractivity contribution in [3.63, 3.8) is 0 Å². The van der Waals surface area contributed by atoms with Crippen LogP contribution in [0.4, 0.5) is 5.69 Å². The van der Waals surface area contributed by atoms with Gasteiger partial charge in [0, 0.05) is 27.7 Å². The number of nitro groups is 1. The molecule has 0 aliphatic heterocycles. The first kappa shape index (κ1) is 16.7. The fourth-order valence-electron chi connectivity index (χ4n) is 2.51. The Kier molecular flexibility index (Phi) is 4.50. The number of rotatable bonds is 4. The summed E-state index contributed by atoms with van der Waals surface area (Å²) in [4.78, 5) is 14.9. The maximum Gasteiger partial charge on any atom is 0.287 e. The molecule has 0 saturated carbocycles. The van der Waals surface area contributed by atoms with E-state index in [1.165, 1.54) is 12.1 Å². The Labute approximate surface area is 148 Å². The van der Waals surface area contributed by atoms with Gasteiger partial charge in [-0.3, -0.25) is 10.1 Å². The van der Waals surface area contributed by atoms with Crippen LogP contribution in [0.3, 0.4) is 0 Å². The molecule has 0 radical (unpaired) electrons. The van der Waals surface area contributed by atoms with E-state index in [1.54, 1.807) is 6.07 Å². The van der Waals surface area contributed by atoms with Gasteiger partial charge in [-0.05, 0) is 25.1 Å². The normalized spacial score (nSPS) is 10.4. The number of hydrogen-bond acceptors (Lipinski definition) is 5. The van der Waals surface area contributed by atoms with Crippen LogP contribution in [0.5, 0.6) is 5.75 Å². The summed E-state index contributed by atoms with van der Waals surface area (Å²) in [6.07, 6.45) is 0. The average molecular weight is 354 g/mol. The Morgan fingerprint density at radius 2 is 2.08 bits per heavy atom. The minimum Gasteiger partial charge on any atom is -0.487 e. The van der Waals surface area contributed by atoms with Crippen molar-refractivity contribution in [3.05, 3.63) is 74.4 Å². The molecule has 0 atom stereocenters. The molecule has 0 saturated heterocycles. The standard InChI is InChI=1S/C18H12ClN3O3/c1-11-5-6-12-3-2-4-17(18(12)21-11)25-10-14-13(9-20)16(22(23)24)8-7-15(14)19/h2-8H,10H2,1H3. The maximum absolute atomic E-state index is 11.1. The molecule has 3 aromatic rings. The highest BCUT2D eigenvalue weighted by Crippen LogP contribution is 2.30. The Hall–Kier alpha value is -3.17. The van der Waals surface area contributed by atoms with Crippen molar-refractivity contribution in [1.29, 1.82) is 5.26 Å². The summed E-state index contributed by atoms with van der Waals surface area (Å²) in [5.74, 6) is 0.521. The summed E-state index contributed by atoms with van der Waals surface area (Å²) in [5, 5.41) is 21.5. The second kappa shape index (κ2) is 6.75. The van der Waals surface area contributed by atoms with Gasteiger partial charge in [-0.25, -0.2) is 4.98 Å². The number of halogens is 1. The molecule has 7 heteroatoms. The third-order valence-electron chi connectivity index (χ3n) is 3.74. The highest BCUT2D eigenvalue weighted by atomic mass is 35.5. The molecule has 0 fully saturated rings. The van der Waals surface area contributed by atoms with Gasteiger partial charge in [0.15, 0.2) is 0 Å². The molecule has 1 heterocycles. The largest absolute Gasteiger partial charge is 0.487 e. The van der Waals surface area contributed by atoms with Gasteiger partial charge in [-0.2, -0.15) is 5.26 Å². The fraction of sp³-hybridized carbons (Fsp3) is 0.111. The number of hydrogen-bond donors (Lipinski definition) is 0. The summed E-state index contributed by atoms with van der Waals surface area (Å²) in [6.45, 7) is 1.81. The molecule has 2 aromatic carbocycles. The van der Waals surface area contributed by atoms with Crippen LogP contribution in [0.2, 0.25) is 5.02 Å². The van der Waals surface area contributed by atoms with Crippen molar-refractivity contribution in [2.45, 2.75) is 13.5 Å². The molecule has 6 nitrogen and oxygen atoms in total. The van der Waals surface area contributed by atoms with E-state index in [9.17, 15) is 15.4 Å². The molecule has 1 aromatic heterocycles. The molecule has 0 N–H and O–H groups in total. The van der Waals surface area contributed by atoms with Crippen LogP contribution in [0.1, 0.15) is 16.8 Å². The molecule has 3 rings (SSSR count). The van der Waals surface area contributed by atoms with Gasteiger partial charge in [-0.1, -0.05) is 29.8 Å². The number of aryl methyl sites for hydroxylation is 1. The summed E-state index contributed by atoms with van der Waals surface area (Å²) < 4.78 is 5.80. The zero-order valence-electron chi connectivity index (χ0n) is 13.2. The van der Waals surface area contributed by atoms with Crippen LogP contribution >= 0.6 is 11.6 Å². The van der Waals surface area contributed by atoms with Crippen LogP contribution < -0.4 is 4.74 Å². The Morgan fingerprint density at radius 3 is 2.80 bits per heavy atom. The fourth-order valence-corrected chi connectivity index (χ4v) is 2.72. The Bertz CT molecular complexity index is 1030. The smallest absolute Gasteiger partial charge is 0.287 e. The highest BCUT2D eigenvalue weighted by Gasteiger charge is 2.21. The average Bonchev–Trinajstić information content (AvgIpc) is 2.60. The predicted octanol–water partition coefficient (Wildman–Crippen LogP) is 4.56. The zero-order valence-corrected chi connectivity index (χ0v) is 13.9. The summed E-state index contributed by atoms with van der Waals surface area (Å²) in [6, 6.07) is 13.8. The molecule has 25 heavy (non-hydrogen) atoms. The van der Waals surface area contributed by atoms with Crippen LogP contribution in [0.25, 0.3) is 10.9 Å². The summed E-state index contributed by atoms with van der Waals surface area (Å²) >= 11 is 6.13. The second-order valence-electron chi connectivity index (χ2n) is 5.36. The number of fused-ring (bicyclic) bond motifs is 1. The predicted molar refractivity (Wildman–Crippen MR) is 93.6 cm³/mol. The molecule has 0 aliphatic rings. The quantitative estimate of drug-likeness (QED) is 0.506. The van der Waals surface area contributed by atoms with E-state index in [0.29, 0.717) is 11.3 Å². The molecular weight excluding hydrogens is 342 g/mol. The first-order chi connectivity index (χ1) is 12.0. The lowest BCUT2D eigenvalue weighted by molar-refractivity contribution is -0.385. The van der Waals surface area contributed by atoms with E-state index in [2.05, 4.69) is 4.98 Å². The lowest BCUT2D eigenvalue weighted by Gasteiger charge is -2.11. The number of aromatic nitrogens is 1.